The average Bonchev–Trinajstić information content (AvgIpc) is 2.66. The highest BCUT2D eigenvalue weighted by molar-refractivity contribution is 7.91. The first-order chi connectivity index (χ1) is 7.99. The van der Waals surface area contributed by atoms with Crippen LogP contribution in [0.5, 0.6) is 0 Å². The van der Waals surface area contributed by atoms with Gasteiger partial charge in [-0.05, 0) is 19.3 Å². The van der Waals surface area contributed by atoms with Crippen molar-refractivity contribution in [3.8, 4) is 0 Å². The van der Waals surface area contributed by atoms with E-state index in [4.69, 9.17) is 9.84 Å². The summed E-state index contributed by atoms with van der Waals surface area (Å²) >= 11 is 0. The van der Waals surface area contributed by atoms with Gasteiger partial charge in [-0.1, -0.05) is 6.42 Å². The van der Waals surface area contributed by atoms with Gasteiger partial charge in [-0.25, -0.2) is 8.42 Å². The first kappa shape index (κ1) is 14.9. The van der Waals surface area contributed by atoms with E-state index < -0.39 is 9.84 Å². The van der Waals surface area contributed by atoms with E-state index in [0.29, 0.717) is 13.0 Å². The summed E-state index contributed by atoms with van der Waals surface area (Å²) in [5, 5.41) is 12.0. The third-order valence-corrected chi connectivity index (χ3v) is 4.96. The molecule has 102 valence electrons. The topological polar surface area (TPSA) is 75.6 Å². The SMILES string of the molecule is COCC(CCO)NC1CCCC1S(C)(=O)=O. The third-order valence-electron chi connectivity index (χ3n) is 3.30. The van der Waals surface area contributed by atoms with Crippen molar-refractivity contribution in [2.75, 3.05) is 26.6 Å². The third kappa shape index (κ3) is 4.54. The number of sulfone groups is 1. The molecule has 0 aliphatic heterocycles. The summed E-state index contributed by atoms with van der Waals surface area (Å²) in [5.41, 5.74) is 0. The summed E-state index contributed by atoms with van der Waals surface area (Å²) in [4.78, 5) is 0. The summed E-state index contributed by atoms with van der Waals surface area (Å²) in [7, 11) is -1.39. The van der Waals surface area contributed by atoms with Crippen LogP contribution in [0, 0.1) is 0 Å². The molecule has 1 aliphatic carbocycles. The minimum atomic E-state index is -2.99. The lowest BCUT2D eigenvalue weighted by Crippen LogP contribution is -2.47. The van der Waals surface area contributed by atoms with Crippen LogP contribution in [0.15, 0.2) is 0 Å². The van der Waals surface area contributed by atoms with Gasteiger partial charge in [-0.15, -0.1) is 0 Å². The minimum Gasteiger partial charge on any atom is -0.396 e. The number of nitrogens with one attached hydrogen (secondary N) is 1. The number of aliphatic hydroxyl groups is 1. The zero-order valence-corrected chi connectivity index (χ0v) is 11.4. The van der Waals surface area contributed by atoms with E-state index in [1.54, 1.807) is 7.11 Å². The molecule has 0 heterocycles. The van der Waals surface area contributed by atoms with Gasteiger partial charge in [0.15, 0.2) is 9.84 Å². The average molecular weight is 265 g/mol. The molecule has 0 spiro atoms. The molecule has 0 aromatic heterocycles. The van der Waals surface area contributed by atoms with Crippen molar-refractivity contribution in [1.82, 2.24) is 5.32 Å². The Bertz CT molecular complexity index is 311. The van der Waals surface area contributed by atoms with E-state index >= 15 is 0 Å². The Morgan fingerprint density at radius 3 is 2.71 bits per heavy atom. The fourth-order valence-electron chi connectivity index (χ4n) is 2.50. The fraction of sp³-hybridized carbons (Fsp3) is 1.00. The van der Waals surface area contributed by atoms with Crippen molar-refractivity contribution in [1.29, 1.82) is 0 Å². The zero-order chi connectivity index (χ0) is 12.9. The van der Waals surface area contributed by atoms with E-state index in [2.05, 4.69) is 5.32 Å². The predicted molar refractivity (Wildman–Crippen MR) is 66.8 cm³/mol. The summed E-state index contributed by atoms with van der Waals surface area (Å²) in [6, 6.07) is 0.0223. The number of methoxy groups -OCH3 is 1. The summed E-state index contributed by atoms with van der Waals surface area (Å²) < 4.78 is 28.3. The van der Waals surface area contributed by atoms with Gasteiger partial charge in [0.25, 0.3) is 0 Å². The Morgan fingerprint density at radius 1 is 1.47 bits per heavy atom. The first-order valence-corrected chi connectivity index (χ1v) is 7.99. The molecule has 0 aromatic carbocycles. The number of ether oxygens (including phenoxy) is 1. The zero-order valence-electron chi connectivity index (χ0n) is 10.6. The molecule has 3 unspecified atom stereocenters. The van der Waals surface area contributed by atoms with E-state index in [1.165, 1.54) is 6.26 Å². The van der Waals surface area contributed by atoms with Crippen molar-refractivity contribution < 1.29 is 18.3 Å². The lowest BCUT2D eigenvalue weighted by Gasteiger charge is -2.25. The molecule has 1 rings (SSSR count). The van der Waals surface area contributed by atoms with E-state index in [9.17, 15) is 8.42 Å². The number of aliphatic hydroxyl groups excluding tert-OH is 1. The maximum absolute atomic E-state index is 11.6. The molecule has 3 atom stereocenters. The van der Waals surface area contributed by atoms with Gasteiger partial charge < -0.3 is 15.2 Å². The lowest BCUT2D eigenvalue weighted by molar-refractivity contribution is 0.143. The minimum absolute atomic E-state index is 0.00306. The normalized spacial score (nSPS) is 27.2. The molecule has 0 aromatic rings. The Labute approximate surface area is 103 Å². The second-order valence-electron chi connectivity index (χ2n) is 4.74. The monoisotopic (exact) mass is 265 g/mol. The molecule has 2 N–H and O–H groups in total. The van der Waals surface area contributed by atoms with Gasteiger partial charge >= 0.3 is 0 Å². The highest BCUT2D eigenvalue weighted by Crippen LogP contribution is 2.25. The second-order valence-corrected chi connectivity index (χ2v) is 7.00. The second kappa shape index (κ2) is 6.68. The predicted octanol–water partition coefficient (Wildman–Crippen LogP) is -0.0609. The first-order valence-electron chi connectivity index (χ1n) is 6.03. The van der Waals surface area contributed by atoms with E-state index in [0.717, 1.165) is 19.3 Å². The lowest BCUT2D eigenvalue weighted by atomic mass is 10.1. The van der Waals surface area contributed by atoms with Crippen molar-refractivity contribution in [3.63, 3.8) is 0 Å². The quantitative estimate of drug-likeness (QED) is 0.674. The van der Waals surface area contributed by atoms with Gasteiger partial charge in [-0.3, -0.25) is 0 Å². The summed E-state index contributed by atoms with van der Waals surface area (Å²) in [6.45, 7) is 0.574. The smallest absolute Gasteiger partial charge is 0.151 e. The van der Waals surface area contributed by atoms with Crippen molar-refractivity contribution in [2.24, 2.45) is 0 Å². The molecule has 0 bridgehead atoms. The van der Waals surface area contributed by atoms with Crippen molar-refractivity contribution in [3.05, 3.63) is 0 Å². The summed E-state index contributed by atoms with van der Waals surface area (Å²) in [5.74, 6) is 0. The fourth-order valence-corrected chi connectivity index (χ4v) is 3.91. The Morgan fingerprint density at radius 2 is 2.18 bits per heavy atom. The molecule has 0 saturated heterocycles. The molecular weight excluding hydrogens is 242 g/mol. The number of rotatable bonds is 7. The maximum Gasteiger partial charge on any atom is 0.151 e. The van der Waals surface area contributed by atoms with Crippen LogP contribution in [0.4, 0.5) is 0 Å². The molecule has 0 amide bonds. The van der Waals surface area contributed by atoms with Crippen LogP contribution in [0.1, 0.15) is 25.7 Å². The molecule has 5 nitrogen and oxygen atoms in total. The molecular formula is C11H23NO4S. The highest BCUT2D eigenvalue weighted by Gasteiger charge is 2.35. The van der Waals surface area contributed by atoms with Crippen LogP contribution in [0.3, 0.4) is 0 Å². The van der Waals surface area contributed by atoms with Crippen molar-refractivity contribution >= 4 is 9.84 Å². The molecule has 1 saturated carbocycles. The molecule has 6 heteroatoms. The number of hydrogen-bond acceptors (Lipinski definition) is 5. The van der Waals surface area contributed by atoms with E-state index in [1.807, 2.05) is 0 Å². The van der Waals surface area contributed by atoms with Crippen LogP contribution in [0.25, 0.3) is 0 Å². The Balaban J connectivity index is 2.59. The van der Waals surface area contributed by atoms with Gasteiger partial charge in [0, 0.05) is 32.1 Å². The standard InChI is InChI=1S/C11H23NO4S/c1-16-8-9(6-7-13)12-10-4-3-5-11(10)17(2,14)15/h9-13H,3-8H2,1-2H3. The van der Waals surface area contributed by atoms with Crippen molar-refractivity contribution in [2.45, 2.75) is 43.0 Å². The van der Waals surface area contributed by atoms with Crippen LogP contribution in [0.2, 0.25) is 0 Å². The Kier molecular flexibility index (Phi) is 5.85. The molecule has 17 heavy (non-hydrogen) atoms. The molecule has 0 radical (unpaired) electrons. The highest BCUT2D eigenvalue weighted by atomic mass is 32.2. The largest absolute Gasteiger partial charge is 0.396 e. The van der Waals surface area contributed by atoms with Crippen LogP contribution in [-0.4, -0.2) is 57.4 Å². The summed E-state index contributed by atoms with van der Waals surface area (Å²) in [6.07, 6.45) is 4.43. The Hall–Kier alpha value is -0.170. The van der Waals surface area contributed by atoms with Crippen LogP contribution < -0.4 is 5.32 Å². The van der Waals surface area contributed by atoms with Gasteiger partial charge in [-0.2, -0.15) is 0 Å². The van der Waals surface area contributed by atoms with Gasteiger partial charge in [0.1, 0.15) is 0 Å². The molecule has 1 aliphatic rings. The van der Waals surface area contributed by atoms with Gasteiger partial charge in [0.05, 0.1) is 11.9 Å². The van der Waals surface area contributed by atoms with Crippen LogP contribution >= 0.6 is 0 Å². The molecule has 1 fully saturated rings. The number of hydrogen-bond donors (Lipinski definition) is 2. The van der Waals surface area contributed by atoms with Gasteiger partial charge in [0.2, 0.25) is 0 Å². The van der Waals surface area contributed by atoms with E-state index in [-0.39, 0.29) is 23.9 Å². The maximum atomic E-state index is 11.6. The van der Waals surface area contributed by atoms with Crippen LogP contribution in [-0.2, 0) is 14.6 Å².